The molecule has 18 rings (SSSR count). The van der Waals surface area contributed by atoms with E-state index in [9.17, 15) is 0 Å². The van der Waals surface area contributed by atoms with Crippen LogP contribution in [0.5, 0.6) is 0 Å². The van der Waals surface area contributed by atoms with Crippen LogP contribution in [0, 0.1) is 27.7 Å². The zero-order chi connectivity index (χ0) is 55.6. The van der Waals surface area contributed by atoms with Crippen molar-refractivity contribution in [3.05, 3.63) is 268 Å². The van der Waals surface area contributed by atoms with Gasteiger partial charge in [-0.2, -0.15) is 0 Å². The minimum atomic E-state index is 0.929. The first kappa shape index (κ1) is 49.7. The third kappa shape index (κ3) is 8.25. The van der Waals surface area contributed by atoms with Gasteiger partial charge in [-0.3, -0.25) is 0 Å². The lowest BCUT2D eigenvalue weighted by atomic mass is 10.0. The smallest absolute Gasteiger partial charge is 0.143 e. The summed E-state index contributed by atoms with van der Waals surface area (Å²) in [6.45, 7) is 8.67. The van der Waals surface area contributed by atoms with E-state index in [-0.39, 0.29) is 0 Å². The molecule has 83 heavy (non-hydrogen) atoms. The summed E-state index contributed by atoms with van der Waals surface area (Å²) >= 11 is 7.39. The number of para-hydroxylation sites is 4. The lowest BCUT2D eigenvalue weighted by Gasteiger charge is -2.09. The minimum absolute atomic E-state index is 0.929. The fourth-order valence-electron chi connectivity index (χ4n) is 12.9. The molecule has 1 aliphatic rings. The van der Waals surface area contributed by atoms with Crippen molar-refractivity contribution in [2.24, 2.45) is 0 Å². The number of nitrogens with zero attached hydrogens (tertiary/aromatic N) is 1. The first-order chi connectivity index (χ1) is 40.7. The third-order valence-electron chi connectivity index (χ3n) is 16.9. The Balaban J connectivity index is 0.000000115. The number of aromatic nitrogens is 1. The average molecular weight is 1170 g/mol. The van der Waals surface area contributed by atoms with Crippen molar-refractivity contribution in [3.63, 3.8) is 0 Å². The summed E-state index contributed by atoms with van der Waals surface area (Å²) in [5, 5.41) is 12.4. The zero-order valence-electron chi connectivity index (χ0n) is 46.1. The van der Waals surface area contributed by atoms with Crippen molar-refractivity contribution >= 4 is 145 Å². The Bertz CT molecular complexity index is 5400. The molecule has 0 fully saturated rings. The molecular formula is C77H52BrNO2S2. The average Bonchev–Trinajstić information content (AvgIpc) is 4.51. The topological polar surface area (TPSA) is 31.2 Å². The second-order valence-corrected chi connectivity index (χ2v) is 25.3. The van der Waals surface area contributed by atoms with Gasteiger partial charge in [0.05, 0.1) is 21.4 Å². The molecule has 0 atom stereocenters. The van der Waals surface area contributed by atoms with Gasteiger partial charge >= 0.3 is 0 Å². The molecule has 5 aromatic heterocycles. The van der Waals surface area contributed by atoms with E-state index in [4.69, 9.17) is 8.83 Å². The second-order valence-electron chi connectivity index (χ2n) is 22.3. The number of hydrogen-bond donors (Lipinski definition) is 0. The van der Waals surface area contributed by atoms with Crippen LogP contribution in [0.4, 0.5) is 0 Å². The van der Waals surface area contributed by atoms with Gasteiger partial charge < -0.3 is 13.4 Å². The van der Waals surface area contributed by atoms with E-state index >= 15 is 0 Å². The highest BCUT2D eigenvalue weighted by Crippen LogP contribution is 2.46. The number of fused-ring (bicyclic) bond motifs is 18. The number of rotatable bonds is 3. The predicted molar refractivity (Wildman–Crippen MR) is 360 cm³/mol. The van der Waals surface area contributed by atoms with Gasteiger partial charge in [-0.05, 0) is 156 Å². The summed E-state index contributed by atoms with van der Waals surface area (Å²) in [5.74, 6) is 0. The van der Waals surface area contributed by atoms with E-state index in [0.717, 1.165) is 55.1 Å². The Morgan fingerprint density at radius 2 is 0.795 bits per heavy atom. The standard InChI is InChI=1S/C38H25NOS.C24H13BrOS.C15H14/c1-22-13-16-32-29(19-22)30-20-23(2)14-17-33(30)39(32)34-11-6-10-28-31-21-24(15-18-36(31)41-38(28)34)25-8-5-9-27-26-7-3-4-12-35(26)40-37(25)27;25-20-9-4-8-18-19-13-14(11-12-22(19)27-24(18)20)15-6-3-7-17-16-5-1-2-10-21(16)26-23(15)17;1-10-3-5-12-9-13-6-4-11(2)8-15(13)14(12)7-10/h3-21H,1-2H3;1-13H;3-8H,9H2,1-2H3. The van der Waals surface area contributed by atoms with Crippen molar-refractivity contribution in [2.45, 2.75) is 34.1 Å². The zero-order valence-corrected chi connectivity index (χ0v) is 49.3. The molecule has 17 aromatic rings. The molecule has 1 aliphatic carbocycles. The number of hydrogen-bond acceptors (Lipinski definition) is 4. The maximum Gasteiger partial charge on any atom is 0.143 e. The van der Waals surface area contributed by atoms with Crippen molar-refractivity contribution in [2.75, 3.05) is 0 Å². The van der Waals surface area contributed by atoms with Crippen molar-refractivity contribution in [3.8, 4) is 39.1 Å². The van der Waals surface area contributed by atoms with Crippen LogP contribution in [0.25, 0.3) is 145 Å². The third-order valence-corrected chi connectivity index (χ3v) is 20.2. The molecule has 0 unspecified atom stereocenters. The first-order valence-electron chi connectivity index (χ1n) is 28.3. The SMILES string of the molecule is Brc1cccc2c1sc1ccc(-c3cccc4c3oc3ccccc34)cc12.Cc1ccc2c(c1)-c1cc(C)ccc1C2.Cc1ccc2c(c1)c1cc(C)ccc1n2-c1cccc2c1sc1ccc(-c3cccc4c3oc3ccccc34)cc12. The van der Waals surface area contributed by atoms with Crippen LogP contribution in [0.3, 0.4) is 0 Å². The molecule has 0 aliphatic heterocycles. The van der Waals surface area contributed by atoms with Crippen molar-refractivity contribution < 1.29 is 8.83 Å². The molecule has 0 N–H and O–H groups in total. The molecule has 6 heteroatoms. The Morgan fingerprint density at radius 3 is 1.35 bits per heavy atom. The fraction of sp³-hybridized carbons (Fsp3) is 0.0649. The highest BCUT2D eigenvalue weighted by Gasteiger charge is 2.21. The largest absolute Gasteiger partial charge is 0.455 e. The lowest BCUT2D eigenvalue weighted by molar-refractivity contribution is 0.669. The molecule has 0 saturated heterocycles. The quantitative estimate of drug-likeness (QED) is 0.177. The molecule has 0 amide bonds. The summed E-state index contributed by atoms with van der Waals surface area (Å²) in [4.78, 5) is 0. The molecule has 12 aromatic carbocycles. The molecule has 396 valence electrons. The van der Waals surface area contributed by atoms with Gasteiger partial charge in [-0.25, -0.2) is 0 Å². The molecule has 0 saturated carbocycles. The first-order valence-corrected chi connectivity index (χ1v) is 30.7. The van der Waals surface area contributed by atoms with Gasteiger partial charge in [0, 0.05) is 83.6 Å². The van der Waals surface area contributed by atoms with Gasteiger partial charge in [0.2, 0.25) is 0 Å². The molecule has 0 bridgehead atoms. The Morgan fingerprint density at radius 1 is 0.349 bits per heavy atom. The predicted octanol–water partition coefficient (Wildman–Crippen LogP) is 23.6. The number of aryl methyl sites for hydroxylation is 4. The van der Waals surface area contributed by atoms with Crippen LogP contribution < -0.4 is 0 Å². The molecule has 0 radical (unpaired) electrons. The van der Waals surface area contributed by atoms with Crippen LogP contribution in [0.15, 0.2) is 244 Å². The number of halogens is 1. The second kappa shape index (κ2) is 19.6. The Labute approximate surface area is 496 Å². The number of thiophene rings is 2. The summed E-state index contributed by atoms with van der Waals surface area (Å²) in [6, 6.07) is 83.3. The highest BCUT2D eigenvalue weighted by molar-refractivity contribution is 9.10. The van der Waals surface area contributed by atoms with E-state index in [1.165, 1.54) is 134 Å². The molecule has 3 nitrogen and oxygen atoms in total. The van der Waals surface area contributed by atoms with E-state index in [1.807, 2.05) is 46.9 Å². The van der Waals surface area contributed by atoms with E-state index in [1.54, 1.807) is 0 Å². The van der Waals surface area contributed by atoms with Crippen LogP contribution in [0.2, 0.25) is 0 Å². The Kier molecular flexibility index (Phi) is 11.7. The van der Waals surface area contributed by atoms with E-state index in [2.05, 4.69) is 254 Å². The van der Waals surface area contributed by atoms with Crippen LogP contribution in [-0.4, -0.2) is 4.57 Å². The maximum absolute atomic E-state index is 6.38. The van der Waals surface area contributed by atoms with Gasteiger partial charge in [-0.1, -0.05) is 180 Å². The highest BCUT2D eigenvalue weighted by atomic mass is 79.9. The van der Waals surface area contributed by atoms with E-state index < -0.39 is 0 Å². The van der Waals surface area contributed by atoms with Crippen LogP contribution in [-0.2, 0) is 6.42 Å². The summed E-state index contributed by atoms with van der Waals surface area (Å²) in [5.41, 5.74) is 23.2. The van der Waals surface area contributed by atoms with Crippen LogP contribution in [0.1, 0.15) is 33.4 Å². The summed E-state index contributed by atoms with van der Waals surface area (Å²) < 4.78 is 21.4. The maximum atomic E-state index is 6.38. The number of furan rings is 2. The molecular weight excluding hydrogens is 1110 g/mol. The lowest BCUT2D eigenvalue weighted by Crippen LogP contribution is -1.94. The fourth-order valence-corrected chi connectivity index (χ4v) is 15.8. The summed E-state index contributed by atoms with van der Waals surface area (Å²) in [6.07, 6.45) is 1.10. The Hall–Kier alpha value is -9.04. The summed E-state index contributed by atoms with van der Waals surface area (Å²) in [7, 11) is 0. The van der Waals surface area contributed by atoms with E-state index in [0.29, 0.717) is 0 Å². The minimum Gasteiger partial charge on any atom is -0.455 e. The monoisotopic (exact) mass is 1170 g/mol. The van der Waals surface area contributed by atoms with Gasteiger partial charge in [0.1, 0.15) is 22.3 Å². The number of benzene rings is 12. The van der Waals surface area contributed by atoms with Gasteiger partial charge in [-0.15, -0.1) is 22.7 Å². The molecule has 5 heterocycles. The normalized spacial score (nSPS) is 12.1. The van der Waals surface area contributed by atoms with Crippen molar-refractivity contribution in [1.82, 2.24) is 4.57 Å². The van der Waals surface area contributed by atoms with Gasteiger partial charge in [0.25, 0.3) is 0 Å². The van der Waals surface area contributed by atoms with Crippen LogP contribution >= 0.6 is 38.6 Å². The van der Waals surface area contributed by atoms with Crippen molar-refractivity contribution in [1.29, 1.82) is 0 Å². The van der Waals surface area contributed by atoms with Gasteiger partial charge in [0.15, 0.2) is 0 Å². The molecule has 0 spiro atoms.